The van der Waals surface area contributed by atoms with Crippen LogP contribution in [-0.4, -0.2) is 68.6 Å². The molecule has 3 N–H and O–H groups in total. The molecule has 1 saturated heterocycles. The van der Waals surface area contributed by atoms with E-state index < -0.39 is 0 Å². The van der Waals surface area contributed by atoms with Crippen molar-refractivity contribution in [1.82, 2.24) is 15.1 Å². The molecule has 0 aromatic heterocycles. The van der Waals surface area contributed by atoms with E-state index in [9.17, 15) is 0 Å². The zero-order chi connectivity index (χ0) is 16.0. The van der Waals surface area contributed by atoms with E-state index in [0.717, 1.165) is 26.2 Å². The largest absolute Gasteiger partial charge is 0.370 e. The average Bonchev–Trinajstić information content (AvgIpc) is 3.11. The number of halogens is 1. The molecule has 23 heavy (non-hydrogen) atoms. The van der Waals surface area contributed by atoms with E-state index in [0.29, 0.717) is 17.4 Å². The lowest BCUT2D eigenvalue weighted by molar-refractivity contribution is 0.210. The number of nitrogens with two attached hydrogens (primary N) is 1. The normalized spacial score (nSPS) is 24.9. The number of likely N-dealkylation sites (N-methyl/N-ethyl adjacent to an activating group) is 1. The quantitative estimate of drug-likeness (QED) is 0.364. The Morgan fingerprint density at radius 1 is 1.30 bits per heavy atom. The molecule has 1 atom stereocenters. The Morgan fingerprint density at radius 3 is 2.61 bits per heavy atom. The zero-order valence-corrected chi connectivity index (χ0v) is 17.5. The third-order valence-corrected chi connectivity index (χ3v) is 5.32. The summed E-state index contributed by atoms with van der Waals surface area (Å²) < 4.78 is 0. The summed E-state index contributed by atoms with van der Waals surface area (Å²) in [6.45, 7) is 7.52. The second-order valence-electron chi connectivity index (χ2n) is 7.45. The Balaban J connectivity index is 0.00000264. The molecule has 0 bridgehead atoms. The highest BCUT2D eigenvalue weighted by atomic mass is 127. The first kappa shape index (κ1) is 21.0. The molecule has 0 radical (unpaired) electrons. The van der Waals surface area contributed by atoms with E-state index in [1.165, 1.54) is 45.1 Å². The molecule has 1 saturated carbocycles. The lowest BCUT2D eigenvalue weighted by Crippen LogP contribution is -2.43. The Bertz CT molecular complexity index is 366. The first-order valence-electron chi connectivity index (χ1n) is 8.97. The molecular weight excluding hydrogens is 401 g/mol. The second-order valence-corrected chi connectivity index (χ2v) is 7.45. The summed E-state index contributed by atoms with van der Waals surface area (Å²) in [5.74, 6) is 0.632. The van der Waals surface area contributed by atoms with Crippen molar-refractivity contribution in [2.24, 2.45) is 16.1 Å². The lowest BCUT2D eigenvalue weighted by atomic mass is 9.86. The van der Waals surface area contributed by atoms with Gasteiger partial charge in [0, 0.05) is 31.1 Å². The highest BCUT2D eigenvalue weighted by Crippen LogP contribution is 2.38. The summed E-state index contributed by atoms with van der Waals surface area (Å²) in [5.41, 5.74) is 6.46. The molecular formula is C17H36IN5. The van der Waals surface area contributed by atoms with Crippen molar-refractivity contribution < 1.29 is 0 Å². The predicted molar refractivity (Wildman–Crippen MR) is 110 cm³/mol. The molecule has 1 heterocycles. The molecule has 5 nitrogen and oxygen atoms in total. The minimum Gasteiger partial charge on any atom is -0.370 e. The van der Waals surface area contributed by atoms with Crippen LogP contribution in [0.1, 0.15) is 45.4 Å². The van der Waals surface area contributed by atoms with Crippen molar-refractivity contribution in [3.05, 3.63) is 0 Å². The Hall–Kier alpha value is -0.0800. The number of hydrogen-bond donors (Lipinski definition) is 2. The number of nitrogens with zero attached hydrogens (tertiary/aromatic N) is 3. The van der Waals surface area contributed by atoms with Crippen LogP contribution in [0.2, 0.25) is 0 Å². The van der Waals surface area contributed by atoms with E-state index >= 15 is 0 Å². The third kappa shape index (κ3) is 6.38. The van der Waals surface area contributed by atoms with Crippen molar-refractivity contribution in [2.45, 2.75) is 51.5 Å². The molecule has 2 aliphatic rings. The monoisotopic (exact) mass is 437 g/mol. The van der Waals surface area contributed by atoms with Crippen LogP contribution in [0.25, 0.3) is 0 Å². The van der Waals surface area contributed by atoms with Crippen molar-refractivity contribution in [1.29, 1.82) is 0 Å². The second kappa shape index (κ2) is 10.0. The van der Waals surface area contributed by atoms with Gasteiger partial charge >= 0.3 is 0 Å². The van der Waals surface area contributed by atoms with Crippen LogP contribution in [0.15, 0.2) is 4.99 Å². The van der Waals surface area contributed by atoms with Gasteiger partial charge in [0.1, 0.15) is 0 Å². The summed E-state index contributed by atoms with van der Waals surface area (Å²) in [6, 6.07) is 0.626. The van der Waals surface area contributed by atoms with E-state index in [2.05, 4.69) is 41.1 Å². The van der Waals surface area contributed by atoms with Crippen LogP contribution in [0.3, 0.4) is 0 Å². The molecule has 0 spiro atoms. The van der Waals surface area contributed by atoms with Gasteiger partial charge in [-0.2, -0.15) is 0 Å². The summed E-state index contributed by atoms with van der Waals surface area (Å²) in [4.78, 5) is 9.51. The van der Waals surface area contributed by atoms with Gasteiger partial charge in [0.25, 0.3) is 0 Å². The number of rotatable bonds is 7. The molecule has 0 aromatic rings. The topological polar surface area (TPSA) is 56.9 Å². The summed E-state index contributed by atoms with van der Waals surface area (Å²) in [5, 5.41) is 3.36. The molecule has 1 aliphatic heterocycles. The highest BCUT2D eigenvalue weighted by Gasteiger charge is 2.34. The minimum atomic E-state index is 0. The van der Waals surface area contributed by atoms with Crippen LogP contribution < -0.4 is 11.1 Å². The molecule has 1 aliphatic carbocycles. The summed E-state index contributed by atoms with van der Waals surface area (Å²) in [7, 11) is 4.32. The molecule has 2 fully saturated rings. The van der Waals surface area contributed by atoms with Crippen LogP contribution in [-0.2, 0) is 0 Å². The maximum absolute atomic E-state index is 6.11. The van der Waals surface area contributed by atoms with Gasteiger partial charge in [0.15, 0.2) is 5.96 Å². The molecule has 6 heteroatoms. The van der Waals surface area contributed by atoms with Gasteiger partial charge < -0.3 is 16.0 Å². The molecule has 2 rings (SSSR count). The number of nitrogens with one attached hydrogen (secondary N) is 1. The summed E-state index contributed by atoms with van der Waals surface area (Å²) in [6.07, 6.45) is 7.83. The van der Waals surface area contributed by atoms with Crippen LogP contribution >= 0.6 is 24.0 Å². The van der Waals surface area contributed by atoms with Gasteiger partial charge in [0.05, 0.1) is 0 Å². The maximum Gasteiger partial charge on any atom is 0.188 e. The van der Waals surface area contributed by atoms with Crippen molar-refractivity contribution >= 4 is 29.9 Å². The highest BCUT2D eigenvalue weighted by molar-refractivity contribution is 14.0. The van der Waals surface area contributed by atoms with E-state index in [-0.39, 0.29) is 24.0 Å². The van der Waals surface area contributed by atoms with Gasteiger partial charge in [-0.05, 0) is 52.9 Å². The van der Waals surface area contributed by atoms with Gasteiger partial charge in [-0.25, -0.2) is 0 Å². The van der Waals surface area contributed by atoms with Crippen LogP contribution in [0.5, 0.6) is 0 Å². The smallest absolute Gasteiger partial charge is 0.188 e. The molecule has 1 unspecified atom stereocenters. The minimum absolute atomic E-state index is 0. The van der Waals surface area contributed by atoms with E-state index in [1.807, 2.05) is 0 Å². The van der Waals surface area contributed by atoms with E-state index in [1.54, 1.807) is 0 Å². The van der Waals surface area contributed by atoms with E-state index in [4.69, 9.17) is 5.73 Å². The SMILES string of the molecule is CCN1CCCC1CNC(N)=NCC1(CN(C)C)CCCC1.I. The van der Waals surface area contributed by atoms with Crippen molar-refractivity contribution in [2.75, 3.05) is 46.8 Å². The fraction of sp³-hybridized carbons (Fsp3) is 0.941. The van der Waals surface area contributed by atoms with Gasteiger partial charge in [0.2, 0.25) is 0 Å². The Labute approximate surface area is 159 Å². The van der Waals surface area contributed by atoms with Crippen LogP contribution in [0, 0.1) is 5.41 Å². The zero-order valence-electron chi connectivity index (χ0n) is 15.2. The molecule has 0 amide bonds. The standard InChI is InChI=1S/C17H35N5.HI/c1-4-22-11-7-8-15(22)12-19-16(18)20-13-17(14-21(2)3)9-5-6-10-17;/h15H,4-14H2,1-3H3,(H3,18,19,20);1H. The van der Waals surface area contributed by atoms with Gasteiger partial charge in [-0.15, -0.1) is 24.0 Å². The average molecular weight is 437 g/mol. The molecule has 136 valence electrons. The van der Waals surface area contributed by atoms with Gasteiger partial charge in [-0.3, -0.25) is 9.89 Å². The fourth-order valence-electron chi connectivity index (χ4n) is 4.24. The Morgan fingerprint density at radius 2 is 2.00 bits per heavy atom. The third-order valence-electron chi connectivity index (χ3n) is 5.32. The predicted octanol–water partition coefficient (Wildman–Crippen LogP) is 2.12. The van der Waals surface area contributed by atoms with Gasteiger partial charge in [-0.1, -0.05) is 19.8 Å². The molecule has 0 aromatic carbocycles. The number of aliphatic imine (C=N–C) groups is 1. The number of likely N-dealkylation sites (tertiary alicyclic amines) is 1. The van der Waals surface area contributed by atoms with Crippen molar-refractivity contribution in [3.8, 4) is 0 Å². The number of hydrogen-bond acceptors (Lipinski definition) is 3. The lowest BCUT2D eigenvalue weighted by Gasteiger charge is -2.30. The Kier molecular flexibility index (Phi) is 9.15. The first-order chi connectivity index (χ1) is 10.5. The fourth-order valence-corrected chi connectivity index (χ4v) is 4.24. The summed E-state index contributed by atoms with van der Waals surface area (Å²) >= 11 is 0. The van der Waals surface area contributed by atoms with Crippen molar-refractivity contribution in [3.63, 3.8) is 0 Å². The first-order valence-corrected chi connectivity index (χ1v) is 8.97. The van der Waals surface area contributed by atoms with Crippen LogP contribution in [0.4, 0.5) is 0 Å². The maximum atomic E-state index is 6.11. The number of guanidine groups is 1.